The quantitative estimate of drug-likeness (QED) is 0.257. The van der Waals surface area contributed by atoms with Crippen LogP contribution < -0.4 is 10.2 Å². The molecule has 0 radical (unpaired) electrons. The van der Waals surface area contributed by atoms with Crippen LogP contribution in [0.1, 0.15) is 56.2 Å². The summed E-state index contributed by atoms with van der Waals surface area (Å²) >= 11 is 9.51. The van der Waals surface area contributed by atoms with Crippen LogP contribution in [0, 0.1) is 27.7 Å². The fourth-order valence-electron chi connectivity index (χ4n) is 5.17. The zero-order valence-electron chi connectivity index (χ0n) is 21.0. The molecule has 2 unspecified atom stereocenters. The maximum atomic E-state index is 11.7. The minimum absolute atomic E-state index is 0.161. The molecule has 2 aromatic heterocycles. The average molecular weight is 576 g/mol. The molecule has 0 amide bonds. The minimum Gasteiger partial charge on any atom is -0.478 e. The largest absolute Gasteiger partial charge is 0.478 e. The van der Waals surface area contributed by atoms with E-state index in [1.165, 1.54) is 0 Å². The minimum atomic E-state index is -0.943. The second-order valence-electron chi connectivity index (χ2n) is 9.40. The number of benzene rings is 2. The molecule has 0 spiro atoms. The molecule has 2 atom stereocenters. The summed E-state index contributed by atoms with van der Waals surface area (Å²) in [5.41, 5.74) is 8.28. The second kappa shape index (κ2) is 9.76. The normalized spacial score (nSPS) is 17.2. The molecule has 0 saturated carbocycles. The third-order valence-corrected chi connectivity index (χ3v) is 8.21. The van der Waals surface area contributed by atoms with E-state index in [1.807, 2.05) is 44.2 Å². The van der Waals surface area contributed by atoms with E-state index in [4.69, 9.17) is 12.2 Å². The van der Waals surface area contributed by atoms with Gasteiger partial charge in [-0.2, -0.15) is 0 Å². The first-order chi connectivity index (χ1) is 17.7. The number of hydrogen-bond acceptors (Lipinski definition) is 3. The van der Waals surface area contributed by atoms with Gasteiger partial charge in [0.25, 0.3) is 0 Å². The first kappa shape index (κ1) is 25.2. The summed E-state index contributed by atoms with van der Waals surface area (Å²) in [6.07, 6.45) is 1.80. The van der Waals surface area contributed by atoms with Crippen LogP contribution in [0.3, 0.4) is 0 Å². The zero-order valence-corrected chi connectivity index (χ0v) is 23.4. The Morgan fingerprint density at radius 2 is 1.81 bits per heavy atom. The average Bonchev–Trinajstić information content (AvgIpc) is 3.36. The number of aromatic carboxylic acids is 1. The Hall–Kier alpha value is -3.49. The van der Waals surface area contributed by atoms with Crippen molar-refractivity contribution in [3.63, 3.8) is 0 Å². The van der Waals surface area contributed by atoms with Crippen LogP contribution >= 0.6 is 28.1 Å². The van der Waals surface area contributed by atoms with Crippen molar-refractivity contribution in [1.82, 2.24) is 14.9 Å². The number of pyridine rings is 1. The summed E-state index contributed by atoms with van der Waals surface area (Å²) < 4.78 is 3.18. The molecule has 1 fully saturated rings. The lowest BCUT2D eigenvalue weighted by atomic mass is 9.96. The van der Waals surface area contributed by atoms with Crippen molar-refractivity contribution >= 4 is 44.9 Å². The van der Waals surface area contributed by atoms with Gasteiger partial charge in [-0.05, 0) is 105 Å². The summed E-state index contributed by atoms with van der Waals surface area (Å²) in [5.74, 6) is -0.943. The second-order valence-corrected chi connectivity index (χ2v) is 10.6. The zero-order chi connectivity index (χ0) is 26.4. The van der Waals surface area contributed by atoms with Crippen molar-refractivity contribution in [3.8, 4) is 5.69 Å². The van der Waals surface area contributed by atoms with E-state index in [9.17, 15) is 9.90 Å². The SMILES string of the molecule is Cc1cc(N2C(=S)NC(c3ccccn3)C2c2cc(C)n(-c3cc(C(=O)O)ccc3C)c2C)ccc1Br. The first-order valence-corrected chi connectivity index (χ1v) is 13.2. The Labute approximate surface area is 230 Å². The van der Waals surface area contributed by atoms with E-state index >= 15 is 0 Å². The number of rotatable bonds is 5. The highest BCUT2D eigenvalue weighted by atomic mass is 79.9. The molecule has 2 N–H and O–H groups in total. The van der Waals surface area contributed by atoms with Crippen LogP contribution in [-0.2, 0) is 0 Å². The Bertz CT molecular complexity index is 1530. The van der Waals surface area contributed by atoms with E-state index in [-0.39, 0.29) is 17.6 Å². The lowest BCUT2D eigenvalue weighted by Gasteiger charge is -2.28. The number of anilines is 1. The number of nitrogens with zero attached hydrogens (tertiary/aromatic N) is 3. The van der Waals surface area contributed by atoms with Crippen LogP contribution in [0.2, 0.25) is 0 Å². The van der Waals surface area contributed by atoms with Gasteiger partial charge in [-0.15, -0.1) is 0 Å². The molecule has 0 aliphatic carbocycles. The van der Waals surface area contributed by atoms with E-state index < -0.39 is 5.97 Å². The van der Waals surface area contributed by atoms with Crippen molar-refractivity contribution in [3.05, 3.63) is 111 Å². The van der Waals surface area contributed by atoms with Crippen molar-refractivity contribution in [2.75, 3.05) is 4.90 Å². The number of carboxylic acids is 1. The van der Waals surface area contributed by atoms with Gasteiger partial charge >= 0.3 is 5.97 Å². The standard InChI is InChI=1S/C29H27BrN4O2S/c1-16-8-9-20(28(35)36)15-25(16)33-18(3)14-22(19(33)4)27-26(24-7-5-6-12-31-24)32-29(37)34(27)21-10-11-23(30)17(2)13-21/h5-15,26-27H,1-4H3,(H,32,37)(H,35,36). The Morgan fingerprint density at radius 3 is 2.49 bits per heavy atom. The molecular formula is C29H27BrN4O2S. The molecule has 8 heteroatoms. The van der Waals surface area contributed by atoms with Crippen LogP contribution in [-0.4, -0.2) is 25.7 Å². The fourth-order valence-corrected chi connectivity index (χ4v) is 5.76. The number of halogens is 1. The molecule has 1 aliphatic rings. The summed E-state index contributed by atoms with van der Waals surface area (Å²) in [6, 6.07) is 19.2. The molecule has 5 rings (SSSR count). The van der Waals surface area contributed by atoms with Gasteiger partial charge in [-0.3, -0.25) is 4.98 Å². The Morgan fingerprint density at radius 1 is 1.03 bits per heavy atom. The number of thiocarbonyl (C=S) groups is 1. The summed E-state index contributed by atoms with van der Waals surface area (Å²) in [4.78, 5) is 18.6. The van der Waals surface area contributed by atoms with Crippen molar-refractivity contribution < 1.29 is 9.90 Å². The molecule has 3 heterocycles. The summed E-state index contributed by atoms with van der Waals surface area (Å²) in [7, 11) is 0. The Balaban J connectivity index is 1.71. The molecule has 4 aromatic rings. The predicted octanol–water partition coefficient (Wildman–Crippen LogP) is 6.74. The monoisotopic (exact) mass is 574 g/mol. The van der Waals surface area contributed by atoms with E-state index in [0.717, 1.165) is 49.6 Å². The van der Waals surface area contributed by atoms with E-state index in [2.05, 4.69) is 67.7 Å². The topological polar surface area (TPSA) is 70.4 Å². The van der Waals surface area contributed by atoms with Crippen molar-refractivity contribution in [1.29, 1.82) is 0 Å². The maximum Gasteiger partial charge on any atom is 0.335 e. The Kier molecular flexibility index (Phi) is 6.64. The molecule has 37 heavy (non-hydrogen) atoms. The first-order valence-electron chi connectivity index (χ1n) is 12.0. The van der Waals surface area contributed by atoms with Gasteiger partial charge < -0.3 is 19.9 Å². The van der Waals surface area contributed by atoms with Crippen LogP contribution in [0.5, 0.6) is 0 Å². The molecule has 0 bridgehead atoms. The number of nitrogens with one attached hydrogen (secondary N) is 1. The van der Waals surface area contributed by atoms with Crippen LogP contribution in [0.4, 0.5) is 5.69 Å². The predicted molar refractivity (Wildman–Crippen MR) is 154 cm³/mol. The molecule has 1 aliphatic heterocycles. The lowest BCUT2D eigenvalue weighted by Crippen LogP contribution is -2.29. The van der Waals surface area contributed by atoms with Gasteiger partial charge in [-0.1, -0.05) is 28.1 Å². The highest BCUT2D eigenvalue weighted by molar-refractivity contribution is 9.10. The lowest BCUT2D eigenvalue weighted by molar-refractivity contribution is 0.0697. The molecule has 6 nitrogen and oxygen atoms in total. The molecule has 1 saturated heterocycles. The van der Waals surface area contributed by atoms with E-state index in [0.29, 0.717) is 5.11 Å². The number of carbonyl (C=O) groups is 1. The highest BCUT2D eigenvalue weighted by Crippen LogP contribution is 2.44. The third-order valence-electron chi connectivity index (χ3n) is 7.00. The third kappa shape index (κ3) is 4.45. The number of hydrogen-bond donors (Lipinski definition) is 2. The number of aryl methyl sites for hydroxylation is 3. The van der Waals surface area contributed by atoms with Crippen LogP contribution in [0.25, 0.3) is 5.69 Å². The van der Waals surface area contributed by atoms with Gasteiger partial charge in [0.05, 0.1) is 23.3 Å². The van der Waals surface area contributed by atoms with Gasteiger partial charge in [0.2, 0.25) is 0 Å². The smallest absolute Gasteiger partial charge is 0.335 e. The molecular weight excluding hydrogens is 548 g/mol. The molecule has 188 valence electrons. The molecule has 2 aromatic carbocycles. The van der Waals surface area contributed by atoms with Crippen LogP contribution in [0.15, 0.2) is 71.3 Å². The number of carboxylic acid groups (broad SMARTS) is 1. The summed E-state index contributed by atoms with van der Waals surface area (Å²) in [6.45, 7) is 8.19. The fraction of sp³-hybridized carbons (Fsp3) is 0.207. The van der Waals surface area contributed by atoms with Gasteiger partial charge in [0.15, 0.2) is 5.11 Å². The summed E-state index contributed by atoms with van der Waals surface area (Å²) in [5, 5.41) is 13.8. The number of aromatic nitrogens is 2. The highest BCUT2D eigenvalue weighted by Gasteiger charge is 2.42. The van der Waals surface area contributed by atoms with E-state index in [1.54, 1.807) is 18.3 Å². The van der Waals surface area contributed by atoms with Gasteiger partial charge in [0, 0.05) is 33.4 Å². The van der Waals surface area contributed by atoms with Crippen molar-refractivity contribution in [2.45, 2.75) is 39.8 Å². The maximum absolute atomic E-state index is 11.7. The van der Waals surface area contributed by atoms with Gasteiger partial charge in [0.1, 0.15) is 0 Å². The van der Waals surface area contributed by atoms with Gasteiger partial charge in [-0.25, -0.2) is 4.79 Å². The van der Waals surface area contributed by atoms with Crippen molar-refractivity contribution in [2.24, 2.45) is 0 Å².